The maximum atomic E-state index is 11.7. The third-order valence-corrected chi connectivity index (χ3v) is 3.00. The molecule has 1 aromatic rings. The predicted octanol–water partition coefficient (Wildman–Crippen LogP) is 2.17. The summed E-state index contributed by atoms with van der Waals surface area (Å²) in [5.74, 6) is 0.966. The molecule has 1 amide bonds. The van der Waals surface area contributed by atoms with Crippen LogP contribution in [-0.2, 0) is 14.3 Å². The van der Waals surface area contributed by atoms with E-state index in [0.717, 1.165) is 5.75 Å². The number of amides is 1. The van der Waals surface area contributed by atoms with Crippen molar-refractivity contribution in [2.24, 2.45) is 5.92 Å². The van der Waals surface area contributed by atoms with Crippen LogP contribution in [0.25, 0.3) is 0 Å². The second-order valence-corrected chi connectivity index (χ2v) is 5.55. The number of rotatable bonds is 9. The highest BCUT2D eigenvalue weighted by atomic mass is 16.5. The van der Waals surface area contributed by atoms with Crippen LogP contribution in [0.4, 0.5) is 0 Å². The lowest BCUT2D eigenvalue weighted by atomic mass is 10.2. The SMILES string of the molecule is COc1ccc(OCCC(=O)OC(C)C(=O)NCC(C)C)cc1. The first kappa shape index (κ1) is 18.8. The predicted molar refractivity (Wildman–Crippen MR) is 86.5 cm³/mol. The number of benzene rings is 1. The third kappa shape index (κ3) is 7.54. The first-order valence-electron chi connectivity index (χ1n) is 7.66. The van der Waals surface area contributed by atoms with Gasteiger partial charge in [-0.2, -0.15) is 0 Å². The Balaban J connectivity index is 2.26. The topological polar surface area (TPSA) is 73.9 Å². The highest BCUT2D eigenvalue weighted by Gasteiger charge is 2.17. The van der Waals surface area contributed by atoms with E-state index in [4.69, 9.17) is 14.2 Å². The molecule has 0 spiro atoms. The highest BCUT2D eigenvalue weighted by Crippen LogP contribution is 2.17. The van der Waals surface area contributed by atoms with Crippen LogP contribution in [0.5, 0.6) is 11.5 Å². The molecule has 6 nitrogen and oxygen atoms in total. The van der Waals surface area contributed by atoms with Crippen molar-refractivity contribution in [2.45, 2.75) is 33.3 Å². The summed E-state index contributed by atoms with van der Waals surface area (Å²) in [6.07, 6.45) is -0.726. The lowest BCUT2D eigenvalue weighted by Gasteiger charge is -2.14. The molecule has 128 valence electrons. The molecule has 0 saturated heterocycles. The van der Waals surface area contributed by atoms with Crippen molar-refractivity contribution in [1.82, 2.24) is 5.32 Å². The Morgan fingerprint density at radius 3 is 2.26 bits per heavy atom. The maximum Gasteiger partial charge on any atom is 0.310 e. The molecule has 0 fully saturated rings. The van der Waals surface area contributed by atoms with Crippen molar-refractivity contribution in [2.75, 3.05) is 20.3 Å². The Hall–Kier alpha value is -2.24. The zero-order chi connectivity index (χ0) is 17.2. The Morgan fingerprint density at radius 2 is 1.70 bits per heavy atom. The molecular formula is C17H25NO5. The molecule has 6 heteroatoms. The molecule has 0 saturated carbocycles. The molecule has 0 aliphatic rings. The number of nitrogens with one attached hydrogen (secondary N) is 1. The van der Waals surface area contributed by atoms with Gasteiger partial charge in [0, 0.05) is 6.54 Å². The van der Waals surface area contributed by atoms with E-state index < -0.39 is 12.1 Å². The van der Waals surface area contributed by atoms with Crippen LogP contribution < -0.4 is 14.8 Å². The monoisotopic (exact) mass is 323 g/mol. The van der Waals surface area contributed by atoms with Gasteiger partial charge in [0.1, 0.15) is 11.5 Å². The highest BCUT2D eigenvalue weighted by molar-refractivity contribution is 5.83. The van der Waals surface area contributed by atoms with Gasteiger partial charge in [-0.25, -0.2) is 0 Å². The fourth-order valence-electron chi connectivity index (χ4n) is 1.68. The zero-order valence-corrected chi connectivity index (χ0v) is 14.1. The van der Waals surface area contributed by atoms with Gasteiger partial charge in [-0.3, -0.25) is 9.59 Å². The van der Waals surface area contributed by atoms with E-state index in [0.29, 0.717) is 18.2 Å². The second kappa shape index (κ2) is 9.71. The summed E-state index contributed by atoms with van der Waals surface area (Å²) in [5, 5.41) is 2.72. The van der Waals surface area contributed by atoms with E-state index >= 15 is 0 Å². The normalized spacial score (nSPS) is 11.7. The molecule has 1 unspecified atom stereocenters. The lowest BCUT2D eigenvalue weighted by molar-refractivity contribution is -0.155. The third-order valence-electron chi connectivity index (χ3n) is 3.00. The maximum absolute atomic E-state index is 11.7. The number of hydrogen-bond donors (Lipinski definition) is 1. The second-order valence-electron chi connectivity index (χ2n) is 5.55. The summed E-state index contributed by atoms with van der Waals surface area (Å²) >= 11 is 0. The molecule has 0 heterocycles. The van der Waals surface area contributed by atoms with Gasteiger partial charge in [0.2, 0.25) is 0 Å². The molecule has 1 N–H and O–H groups in total. The van der Waals surface area contributed by atoms with Crippen LogP contribution >= 0.6 is 0 Å². The number of methoxy groups -OCH3 is 1. The minimum atomic E-state index is -0.803. The Morgan fingerprint density at radius 1 is 1.09 bits per heavy atom. The minimum Gasteiger partial charge on any atom is -0.497 e. The van der Waals surface area contributed by atoms with Crippen LogP contribution in [0, 0.1) is 5.92 Å². The van der Waals surface area contributed by atoms with E-state index in [2.05, 4.69) is 5.32 Å². The van der Waals surface area contributed by atoms with Gasteiger partial charge in [-0.1, -0.05) is 13.8 Å². The fraction of sp³-hybridized carbons (Fsp3) is 0.529. The minimum absolute atomic E-state index is 0.0772. The molecule has 0 aromatic heterocycles. The largest absolute Gasteiger partial charge is 0.497 e. The first-order valence-corrected chi connectivity index (χ1v) is 7.66. The van der Waals surface area contributed by atoms with Crippen LogP contribution in [0.2, 0.25) is 0 Å². The van der Waals surface area contributed by atoms with E-state index in [-0.39, 0.29) is 18.9 Å². The summed E-state index contributed by atoms with van der Waals surface area (Å²) in [6, 6.07) is 7.06. The van der Waals surface area contributed by atoms with Crippen molar-refractivity contribution >= 4 is 11.9 Å². The molecule has 1 atom stereocenters. The average molecular weight is 323 g/mol. The number of carbonyl (C=O) groups excluding carboxylic acids is 2. The van der Waals surface area contributed by atoms with E-state index in [1.807, 2.05) is 13.8 Å². The number of esters is 1. The fourth-order valence-corrected chi connectivity index (χ4v) is 1.68. The Bertz CT molecular complexity index is 498. The molecule has 0 aliphatic heterocycles. The van der Waals surface area contributed by atoms with Crippen LogP contribution in [0.15, 0.2) is 24.3 Å². The molecule has 1 aromatic carbocycles. The lowest BCUT2D eigenvalue weighted by Crippen LogP contribution is -2.37. The summed E-state index contributed by atoms with van der Waals surface area (Å²) in [5.41, 5.74) is 0. The molecule has 1 rings (SSSR count). The van der Waals surface area contributed by atoms with Gasteiger partial charge in [0.05, 0.1) is 20.1 Å². The average Bonchev–Trinajstić information content (AvgIpc) is 2.53. The van der Waals surface area contributed by atoms with E-state index in [9.17, 15) is 9.59 Å². The number of carbonyl (C=O) groups is 2. The standard InChI is InChI=1S/C17H25NO5/c1-12(2)11-18-17(20)13(3)23-16(19)9-10-22-15-7-5-14(21-4)6-8-15/h5-8,12-13H,9-11H2,1-4H3,(H,18,20). The van der Waals surface area contributed by atoms with Crippen molar-refractivity contribution in [1.29, 1.82) is 0 Å². The number of hydrogen-bond acceptors (Lipinski definition) is 5. The van der Waals surface area contributed by atoms with Gasteiger partial charge in [0.15, 0.2) is 6.10 Å². The van der Waals surface area contributed by atoms with Crippen molar-refractivity contribution < 1.29 is 23.8 Å². The summed E-state index contributed by atoms with van der Waals surface area (Å²) < 4.78 is 15.6. The van der Waals surface area contributed by atoms with Crippen molar-refractivity contribution in [3.8, 4) is 11.5 Å². The molecule has 23 heavy (non-hydrogen) atoms. The zero-order valence-electron chi connectivity index (χ0n) is 14.1. The van der Waals surface area contributed by atoms with Crippen molar-refractivity contribution in [3.63, 3.8) is 0 Å². The Kier molecular flexibility index (Phi) is 7.94. The van der Waals surface area contributed by atoms with Crippen LogP contribution in [0.1, 0.15) is 27.2 Å². The molecule has 0 radical (unpaired) electrons. The molecule has 0 aliphatic carbocycles. The smallest absolute Gasteiger partial charge is 0.310 e. The summed E-state index contributed by atoms with van der Waals surface area (Å²) in [6.45, 7) is 6.28. The molecule has 0 bridgehead atoms. The van der Waals surface area contributed by atoms with Gasteiger partial charge in [0.25, 0.3) is 5.91 Å². The van der Waals surface area contributed by atoms with Gasteiger partial charge in [-0.15, -0.1) is 0 Å². The van der Waals surface area contributed by atoms with E-state index in [1.54, 1.807) is 38.3 Å². The molecular weight excluding hydrogens is 298 g/mol. The first-order chi connectivity index (χ1) is 10.9. The quantitative estimate of drug-likeness (QED) is 0.705. The Labute approximate surface area is 137 Å². The summed E-state index contributed by atoms with van der Waals surface area (Å²) in [7, 11) is 1.59. The van der Waals surface area contributed by atoms with Crippen LogP contribution in [0.3, 0.4) is 0 Å². The van der Waals surface area contributed by atoms with E-state index in [1.165, 1.54) is 0 Å². The van der Waals surface area contributed by atoms with Gasteiger partial charge < -0.3 is 19.5 Å². The van der Waals surface area contributed by atoms with Crippen LogP contribution in [-0.4, -0.2) is 38.2 Å². The summed E-state index contributed by atoms with van der Waals surface area (Å²) in [4.78, 5) is 23.4. The van der Waals surface area contributed by atoms with Crippen molar-refractivity contribution in [3.05, 3.63) is 24.3 Å². The van der Waals surface area contributed by atoms with Gasteiger partial charge in [-0.05, 0) is 37.1 Å². The number of ether oxygens (including phenoxy) is 3. The van der Waals surface area contributed by atoms with Gasteiger partial charge >= 0.3 is 5.97 Å².